The Hall–Kier alpha value is -3.52. The molecule has 0 unspecified atom stereocenters. The molecule has 0 bridgehead atoms. The van der Waals surface area contributed by atoms with Crippen LogP contribution in [0.15, 0.2) is 70.3 Å². The van der Waals surface area contributed by atoms with Gasteiger partial charge in [-0.1, -0.05) is 42.1 Å². The zero-order chi connectivity index (χ0) is 20.3. The molecule has 1 N–H and O–H groups in total. The molecule has 8 heteroatoms. The molecule has 4 aromatic rings. The molecule has 5 rings (SSSR count). The van der Waals surface area contributed by atoms with E-state index < -0.39 is 0 Å². The van der Waals surface area contributed by atoms with Gasteiger partial charge in [0.05, 0.1) is 5.75 Å². The summed E-state index contributed by atoms with van der Waals surface area (Å²) in [7, 11) is 0. The summed E-state index contributed by atoms with van der Waals surface area (Å²) in [5, 5.41) is 13.6. The number of benzene rings is 3. The third-order valence-electron chi connectivity index (χ3n) is 4.56. The minimum atomic E-state index is -0.179. The molecule has 7 nitrogen and oxygen atoms in total. The summed E-state index contributed by atoms with van der Waals surface area (Å²) in [4.78, 5) is 12.3. The summed E-state index contributed by atoms with van der Waals surface area (Å²) in [5.41, 5.74) is 1.49. The molecule has 1 aliphatic heterocycles. The van der Waals surface area contributed by atoms with Crippen LogP contribution in [0, 0.1) is 0 Å². The summed E-state index contributed by atoms with van der Waals surface area (Å²) in [6.45, 7) is 1.03. The van der Waals surface area contributed by atoms with Crippen molar-refractivity contribution in [1.29, 1.82) is 0 Å². The molecular weight excluding hydrogens is 402 g/mol. The number of thioether (sulfide) groups is 1. The summed E-state index contributed by atoms with van der Waals surface area (Å²) < 4.78 is 16.7. The second-order valence-electron chi connectivity index (χ2n) is 6.63. The number of aromatic nitrogens is 2. The van der Waals surface area contributed by atoms with Crippen LogP contribution in [0.3, 0.4) is 0 Å². The SMILES string of the molecule is O=C(CSc1nnc(-c2ccc3ccccc3c2)o1)Nc1ccc2c(c1)OCCO2. The number of rotatable bonds is 5. The van der Waals surface area contributed by atoms with Crippen molar-refractivity contribution in [2.45, 2.75) is 5.22 Å². The van der Waals surface area contributed by atoms with E-state index in [1.54, 1.807) is 18.2 Å². The first-order valence-electron chi connectivity index (χ1n) is 9.39. The van der Waals surface area contributed by atoms with Crippen LogP contribution in [0.2, 0.25) is 0 Å². The van der Waals surface area contributed by atoms with Gasteiger partial charge < -0.3 is 19.2 Å². The molecule has 150 valence electrons. The number of hydrogen-bond donors (Lipinski definition) is 1. The van der Waals surface area contributed by atoms with Gasteiger partial charge in [0, 0.05) is 17.3 Å². The maximum atomic E-state index is 12.3. The fourth-order valence-corrected chi connectivity index (χ4v) is 3.72. The lowest BCUT2D eigenvalue weighted by Crippen LogP contribution is -2.17. The van der Waals surface area contributed by atoms with Crippen LogP contribution < -0.4 is 14.8 Å². The predicted molar refractivity (Wildman–Crippen MR) is 114 cm³/mol. The third kappa shape index (κ3) is 3.95. The van der Waals surface area contributed by atoms with Crippen LogP contribution in [-0.4, -0.2) is 35.1 Å². The van der Waals surface area contributed by atoms with E-state index >= 15 is 0 Å². The first kappa shape index (κ1) is 18.5. The second-order valence-corrected chi connectivity index (χ2v) is 7.56. The summed E-state index contributed by atoms with van der Waals surface area (Å²) in [5.74, 6) is 1.70. The normalized spacial score (nSPS) is 12.7. The Morgan fingerprint density at radius 1 is 0.933 bits per heavy atom. The second kappa shape index (κ2) is 8.08. The summed E-state index contributed by atoms with van der Waals surface area (Å²) >= 11 is 1.19. The Labute approximate surface area is 176 Å². The van der Waals surface area contributed by atoms with Gasteiger partial charge in [0.25, 0.3) is 5.22 Å². The van der Waals surface area contributed by atoms with Crippen molar-refractivity contribution in [3.63, 3.8) is 0 Å². The van der Waals surface area contributed by atoms with Crippen LogP contribution in [0.5, 0.6) is 11.5 Å². The van der Waals surface area contributed by atoms with Gasteiger partial charge in [-0.25, -0.2) is 0 Å². The topological polar surface area (TPSA) is 86.5 Å². The largest absolute Gasteiger partial charge is 0.486 e. The van der Waals surface area contributed by atoms with E-state index in [0.29, 0.717) is 41.5 Å². The van der Waals surface area contributed by atoms with Crippen molar-refractivity contribution in [2.75, 3.05) is 24.3 Å². The van der Waals surface area contributed by atoms with E-state index in [0.717, 1.165) is 16.3 Å². The summed E-state index contributed by atoms with van der Waals surface area (Å²) in [6, 6.07) is 19.4. The Morgan fingerprint density at radius 3 is 2.67 bits per heavy atom. The molecule has 0 saturated heterocycles. The Morgan fingerprint density at radius 2 is 1.77 bits per heavy atom. The molecule has 0 spiro atoms. The van der Waals surface area contributed by atoms with E-state index in [4.69, 9.17) is 13.9 Å². The number of carbonyl (C=O) groups is 1. The van der Waals surface area contributed by atoms with Crippen molar-refractivity contribution in [1.82, 2.24) is 10.2 Å². The minimum Gasteiger partial charge on any atom is -0.486 e. The smallest absolute Gasteiger partial charge is 0.277 e. The van der Waals surface area contributed by atoms with E-state index in [1.165, 1.54) is 11.8 Å². The van der Waals surface area contributed by atoms with Crippen molar-refractivity contribution >= 4 is 34.1 Å². The molecule has 30 heavy (non-hydrogen) atoms. The van der Waals surface area contributed by atoms with Gasteiger partial charge in [0.2, 0.25) is 11.8 Å². The number of amides is 1. The molecule has 2 heterocycles. The number of ether oxygens (including phenoxy) is 2. The van der Waals surface area contributed by atoms with Crippen LogP contribution >= 0.6 is 11.8 Å². The fourth-order valence-electron chi connectivity index (χ4n) is 3.15. The minimum absolute atomic E-state index is 0.147. The monoisotopic (exact) mass is 419 g/mol. The van der Waals surface area contributed by atoms with Crippen molar-refractivity contribution < 1.29 is 18.7 Å². The van der Waals surface area contributed by atoms with Crippen LogP contribution in [-0.2, 0) is 4.79 Å². The average molecular weight is 419 g/mol. The van der Waals surface area contributed by atoms with E-state index in [9.17, 15) is 4.79 Å². The summed E-state index contributed by atoms with van der Waals surface area (Å²) in [6.07, 6.45) is 0. The number of nitrogens with one attached hydrogen (secondary N) is 1. The van der Waals surface area contributed by atoms with Crippen molar-refractivity contribution in [2.24, 2.45) is 0 Å². The van der Waals surface area contributed by atoms with Crippen LogP contribution in [0.4, 0.5) is 5.69 Å². The maximum Gasteiger partial charge on any atom is 0.277 e. The van der Waals surface area contributed by atoms with Gasteiger partial charge in [-0.2, -0.15) is 0 Å². The van der Waals surface area contributed by atoms with E-state index in [2.05, 4.69) is 21.6 Å². The zero-order valence-corrected chi connectivity index (χ0v) is 16.6. The predicted octanol–water partition coefficient (Wildman–Crippen LogP) is 4.39. The molecule has 0 fully saturated rings. The molecule has 0 atom stereocenters. The van der Waals surface area contributed by atoms with E-state index in [-0.39, 0.29) is 11.7 Å². The molecular formula is C22H17N3O4S. The molecule has 0 saturated carbocycles. The Kier molecular flexibility index (Phi) is 4.98. The molecule has 3 aromatic carbocycles. The number of hydrogen-bond acceptors (Lipinski definition) is 7. The van der Waals surface area contributed by atoms with E-state index in [1.807, 2.05) is 36.4 Å². The molecule has 1 amide bonds. The highest BCUT2D eigenvalue weighted by molar-refractivity contribution is 7.99. The first-order valence-corrected chi connectivity index (χ1v) is 10.4. The maximum absolute atomic E-state index is 12.3. The van der Waals surface area contributed by atoms with Gasteiger partial charge in [-0.3, -0.25) is 4.79 Å². The fraction of sp³-hybridized carbons (Fsp3) is 0.136. The molecule has 1 aromatic heterocycles. The number of anilines is 1. The van der Waals surface area contributed by atoms with Gasteiger partial charge in [0.1, 0.15) is 13.2 Å². The number of carbonyl (C=O) groups excluding carboxylic acids is 1. The van der Waals surface area contributed by atoms with Gasteiger partial charge >= 0.3 is 0 Å². The van der Waals surface area contributed by atoms with Gasteiger partial charge in [0.15, 0.2) is 11.5 Å². The van der Waals surface area contributed by atoms with Crippen molar-refractivity contribution in [3.05, 3.63) is 60.7 Å². The highest BCUT2D eigenvalue weighted by Gasteiger charge is 2.14. The molecule has 0 aliphatic carbocycles. The van der Waals surface area contributed by atoms with Crippen LogP contribution in [0.1, 0.15) is 0 Å². The highest BCUT2D eigenvalue weighted by atomic mass is 32.2. The average Bonchev–Trinajstić information content (AvgIpc) is 3.26. The third-order valence-corrected chi connectivity index (χ3v) is 5.37. The quantitative estimate of drug-likeness (QED) is 0.480. The van der Waals surface area contributed by atoms with Gasteiger partial charge in [-0.15, -0.1) is 10.2 Å². The lowest BCUT2D eigenvalue weighted by atomic mass is 10.1. The Bertz CT molecular complexity index is 1220. The van der Waals surface area contributed by atoms with Gasteiger partial charge in [-0.05, 0) is 35.0 Å². The lowest BCUT2D eigenvalue weighted by Gasteiger charge is -2.18. The standard InChI is InChI=1S/C22H17N3O4S/c26-20(23-17-7-8-18-19(12-17)28-10-9-27-18)13-30-22-25-24-21(29-22)16-6-5-14-3-1-2-4-15(14)11-16/h1-8,11-12H,9-10,13H2,(H,23,26). The first-order chi connectivity index (χ1) is 14.7. The zero-order valence-electron chi connectivity index (χ0n) is 15.8. The Balaban J connectivity index is 1.21. The van der Waals surface area contributed by atoms with Crippen LogP contribution in [0.25, 0.3) is 22.2 Å². The highest BCUT2D eigenvalue weighted by Crippen LogP contribution is 2.33. The molecule has 1 aliphatic rings. The molecule has 0 radical (unpaired) electrons. The lowest BCUT2D eigenvalue weighted by molar-refractivity contribution is -0.113. The van der Waals surface area contributed by atoms with Crippen molar-refractivity contribution in [3.8, 4) is 23.0 Å². The number of nitrogens with zero attached hydrogens (tertiary/aromatic N) is 2. The number of fused-ring (bicyclic) bond motifs is 2.